The van der Waals surface area contributed by atoms with Gasteiger partial charge < -0.3 is 52.1 Å². The molecular weight excluding hydrogens is 672 g/mol. The summed E-state index contributed by atoms with van der Waals surface area (Å²) in [7, 11) is 0. The highest BCUT2D eigenvalue weighted by Crippen LogP contribution is 2.11. The maximum Gasteiger partial charge on any atom is 0.305 e. The van der Waals surface area contributed by atoms with Crippen molar-refractivity contribution < 1.29 is 56.9 Å². The third-order valence-corrected chi connectivity index (χ3v) is 7.97. The number of esters is 1. The zero-order valence-electron chi connectivity index (χ0n) is 33.6. The molecule has 0 aromatic rings. The first-order valence-electron chi connectivity index (χ1n) is 20.7. The highest BCUT2D eigenvalue weighted by molar-refractivity contribution is 5.69. The number of hydrogen-bond acceptors (Lipinski definition) is 12. The van der Waals surface area contributed by atoms with Gasteiger partial charge in [-0.1, -0.05) is 97.3 Å². The lowest BCUT2D eigenvalue weighted by Crippen LogP contribution is -2.15. The topological polar surface area (TPSA) is 119 Å². The number of rotatable bonds is 47. The highest BCUT2D eigenvalue weighted by atomic mass is 16.6. The van der Waals surface area contributed by atoms with Gasteiger partial charge in [-0.25, -0.2) is 0 Å². The highest BCUT2D eigenvalue weighted by Gasteiger charge is 2.02. The van der Waals surface area contributed by atoms with E-state index in [0.29, 0.717) is 132 Å². The predicted octanol–water partition coefficient (Wildman–Crippen LogP) is 6.98. The van der Waals surface area contributed by atoms with Crippen LogP contribution < -0.4 is 0 Å². The van der Waals surface area contributed by atoms with Gasteiger partial charge in [-0.2, -0.15) is 0 Å². The second-order valence-electron chi connectivity index (χ2n) is 12.7. The molecule has 0 N–H and O–H groups in total. The van der Waals surface area contributed by atoms with Gasteiger partial charge in [-0.3, -0.25) is 4.79 Å². The summed E-state index contributed by atoms with van der Waals surface area (Å²) in [5.74, 6) is -0.149. The molecule has 0 saturated carbocycles. The van der Waals surface area contributed by atoms with E-state index in [1.165, 1.54) is 64.2 Å². The molecule has 0 aliphatic heterocycles. The number of hydrogen-bond donors (Lipinski definition) is 0. The lowest BCUT2D eigenvalue weighted by atomic mass is 10.1. The van der Waals surface area contributed by atoms with E-state index in [9.17, 15) is 4.79 Å². The Labute approximate surface area is 317 Å². The minimum Gasteiger partial charge on any atom is -0.463 e. The Morgan fingerprint density at radius 2 is 0.500 bits per heavy atom. The van der Waals surface area contributed by atoms with E-state index in [1.807, 2.05) is 0 Å². The third kappa shape index (κ3) is 47.1. The van der Waals surface area contributed by atoms with Crippen molar-refractivity contribution in [1.29, 1.82) is 0 Å². The maximum absolute atomic E-state index is 11.6. The normalized spacial score (nSPS) is 11.5. The summed E-state index contributed by atoms with van der Waals surface area (Å²) in [5.41, 5.74) is 0. The van der Waals surface area contributed by atoms with Crippen LogP contribution in [0.2, 0.25) is 0 Å². The number of carbonyl (C=O) groups excluding carboxylic acids is 1. The molecule has 0 atom stereocenters. The molecule has 0 radical (unpaired) electrons. The Morgan fingerprint density at radius 3 is 0.808 bits per heavy atom. The molecule has 12 heteroatoms. The molecule has 0 aromatic carbocycles. The van der Waals surface area contributed by atoms with Crippen molar-refractivity contribution in [3.05, 3.63) is 0 Å². The summed E-state index contributed by atoms with van der Waals surface area (Å²) in [5, 5.41) is 0. The first-order chi connectivity index (χ1) is 25.8. The predicted molar refractivity (Wildman–Crippen MR) is 204 cm³/mol. The van der Waals surface area contributed by atoms with E-state index in [0.717, 1.165) is 38.7 Å². The monoisotopic (exact) mass is 753 g/mol. The Kier molecular flexibility index (Phi) is 47.2. The smallest absolute Gasteiger partial charge is 0.305 e. The summed E-state index contributed by atoms with van der Waals surface area (Å²) in [6.07, 6.45) is 19.6. The summed E-state index contributed by atoms with van der Waals surface area (Å²) < 4.78 is 60.3. The lowest BCUT2D eigenvalue weighted by molar-refractivity contribution is -0.145. The summed E-state index contributed by atoms with van der Waals surface area (Å²) in [4.78, 5) is 11.6. The number of unbranched alkanes of at least 4 members (excludes halogenated alkanes) is 13. The molecule has 0 saturated heterocycles. The molecule has 0 aromatic heterocycles. The van der Waals surface area contributed by atoms with Crippen LogP contribution in [0.4, 0.5) is 0 Å². The van der Waals surface area contributed by atoms with E-state index in [1.54, 1.807) is 0 Å². The van der Waals surface area contributed by atoms with Crippen molar-refractivity contribution in [3.63, 3.8) is 0 Å². The van der Waals surface area contributed by atoms with Crippen molar-refractivity contribution in [2.24, 2.45) is 0 Å². The minimum absolute atomic E-state index is 0.149. The quantitative estimate of drug-likeness (QED) is 0.0472. The SMILES string of the molecule is CCCCCCCCCCCCCOCCOCCOCCOCCOCCOCCOCCOCCOCCOCCOC(=O)CCCCCC. The Morgan fingerprint density at radius 1 is 0.269 bits per heavy atom. The minimum atomic E-state index is -0.149. The van der Waals surface area contributed by atoms with Crippen LogP contribution in [0.15, 0.2) is 0 Å². The zero-order chi connectivity index (χ0) is 37.5. The maximum atomic E-state index is 11.6. The van der Waals surface area contributed by atoms with Crippen molar-refractivity contribution in [1.82, 2.24) is 0 Å². The molecule has 0 amide bonds. The molecule has 0 aliphatic rings. The molecular formula is C40H80O12. The Balaban J connectivity index is 3.08. The second-order valence-corrected chi connectivity index (χ2v) is 12.7. The molecule has 52 heavy (non-hydrogen) atoms. The van der Waals surface area contributed by atoms with E-state index < -0.39 is 0 Å². The second kappa shape index (κ2) is 48.1. The first-order valence-corrected chi connectivity index (χ1v) is 20.7. The van der Waals surface area contributed by atoms with Crippen LogP contribution in [0.25, 0.3) is 0 Å². The van der Waals surface area contributed by atoms with E-state index in [-0.39, 0.29) is 12.6 Å². The van der Waals surface area contributed by atoms with E-state index in [2.05, 4.69) is 13.8 Å². The Bertz CT molecular complexity index is 658. The van der Waals surface area contributed by atoms with Gasteiger partial charge in [0.2, 0.25) is 0 Å². The molecule has 0 heterocycles. The molecule has 0 aliphatic carbocycles. The molecule has 0 unspecified atom stereocenters. The van der Waals surface area contributed by atoms with Crippen LogP contribution in [-0.4, -0.2) is 145 Å². The molecule has 0 rings (SSSR count). The fourth-order valence-electron chi connectivity index (χ4n) is 4.93. The third-order valence-electron chi connectivity index (χ3n) is 7.97. The largest absolute Gasteiger partial charge is 0.463 e. The molecule has 0 bridgehead atoms. The molecule has 12 nitrogen and oxygen atoms in total. The molecule has 312 valence electrons. The van der Waals surface area contributed by atoms with Crippen LogP contribution >= 0.6 is 0 Å². The van der Waals surface area contributed by atoms with Crippen LogP contribution in [0.5, 0.6) is 0 Å². The van der Waals surface area contributed by atoms with E-state index >= 15 is 0 Å². The Hall–Kier alpha value is -0.930. The van der Waals surface area contributed by atoms with Crippen molar-refractivity contribution in [2.75, 3.05) is 139 Å². The van der Waals surface area contributed by atoms with Gasteiger partial charge in [0, 0.05) is 13.0 Å². The number of carbonyl (C=O) groups is 1. The van der Waals surface area contributed by atoms with E-state index in [4.69, 9.17) is 52.1 Å². The van der Waals surface area contributed by atoms with Gasteiger partial charge in [0.1, 0.15) is 6.61 Å². The van der Waals surface area contributed by atoms with Crippen LogP contribution in [0, 0.1) is 0 Å². The summed E-state index contributed by atoms with van der Waals surface area (Å²) in [6, 6.07) is 0. The van der Waals surface area contributed by atoms with Gasteiger partial charge in [0.25, 0.3) is 0 Å². The van der Waals surface area contributed by atoms with Crippen LogP contribution in [0.3, 0.4) is 0 Å². The molecule has 0 spiro atoms. The van der Waals surface area contributed by atoms with Crippen LogP contribution in [0.1, 0.15) is 117 Å². The van der Waals surface area contributed by atoms with Gasteiger partial charge in [-0.05, 0) is 12.8 Å². The summed E-state index contributed by atoms with van der Waals surface area (Å²) in [6.45, 7) is 15.4. The first kappa shape index (κ1) is 51.1. The van der Waals surface area contributed by atoms with Crippen molar-refractivity contribution in [2.45, 2.75) is 117 Å². The van der Waals surface area contributed by atoms with Gasteiger partial charge >= 0.3 is 5.97 Å². The summed E-state index contributed by atoms with van der Waals surface area (Å²) >= 11 is 0. The average Bonchev–Trinajstić information content (AvgIpc) is 3.15. The van der Waals surface area contributed by atoms with Gasteiger partial charge in [-0.15, -0.1) is 0 Å². The van der Waals surface area contributed by atoms with Crippen molar-refractivity contribution in [3.8, 4) is 0 Å². The fourth-order valence-corrected chi connectivity index (χ4v) is 4.93. The van der Waals surface area contributed by atoms with Gasteiger partial charge in [0.05, 0.1) is 126 Å². The molecule has 0 fully saturated rings. The number of ether oxygens (including phenoxy) is 11. The van der Waals surface area contributed by atoms with Crippen molar-refractivity contribution >= 4 is 5.97 Å². The standard InChI is InChI=1S/C40H80O12/c1-3-5-7-9-10-11-12-13-14-15-17-19-42-20-21-43-22-23-44-24-25-45-26-27-46-28-29-47-30-31-48-32-33-49-34-35-50-36-37-51-38-39-52-40(41)18-16-8-6-4-2/h3-39H2,1-2H3. The zero-order valence-corrected chi connectivity index (χ0v) is 33.6. The van der Waals surface area contributed by atoms with Gasteiger partial charge in [0.15, 0.2) is 0 Å². The fraction of sp³-hybridized carbons (Fsp3) is 0.975. The van der Waals surface area contributed by atoms with Crippen LogP contribution in [-0.2, 0) is 56.9 Å². The average molecular weight is 753 g/mol. The lowest BCUT2D eigenvalue weighted by Gasteiger charge is -2.09.